The molecule has 0 spiro atoms. The van der Waals surface area contributed by atoms with E-state index in [0.29, 0.717) is 17.7 Å². The second-order valence-electron chi connectivity index (χ2n) is 5.90. The van der Waals surface area contributed by atoms with Crippen molar-refractivity contribution in [2.24, 2.45) is 0 Å². The van der Waals surface area contributed by atoms with Gasteiger partial charge in [-0.2, -0.15) is 4.98 Å². The Morgan fingerprint density at radius 2 is 2.09 bits per heavy atom. The molecule has 23 heavy (non-hydrogen) atoms. The molecule has 1 aromatic carbocycles. The quantitative estimate of drug-likeness (QED) is 0.759. The van der Waals surface area contributed by atoms with Crippen LogP contribution in [0.25, 0.3) is 0 Å². The maximum Gasteiger partial charge on any atom is 0.322 e. The van der Waals surface area contributed by atoms with Crippen LogP contribution in [0.5, 0.6) is 0 Å². The molecule has 0 unspecified atom stereocenters. The van der Waals surface area contributed by atoms with E-state index in [0.717, 1.165) is 24.2 Å². The van der Waals surface area contributed by atoms with E-state index in [1.807, 2.05) is 18.2 Å². The summed E-state index contributed by atoms with van der Waals surface area (Å²) >= 11 is 0. The van der Waals surface area contributed by atoms with E-state index in [4.69, 9.17) is 5.11 Å². The fourth-order valence-corrected chi connectivity index (χ4v) is 2.38. The first-order valence-electron chi connectivity index (χ1n) is 7.71. The number of carbonyl (C=O) groups is 1. The molecule has 0 radical (unpaired) electrons. The second kappa shape index (κ2) is 6.24. The highest BCUT2D eigenvalue weighted by molar-refractivity contribution is 5.72. The first-order valence-corrected chi connectivity index (χ1v) is 7.71. The van der Waals surface area contributed by atoms with Gasteiger partial charge in [0.05, 0.1) is 5.69 Å². The van der Waals surface area contributed by atoms with Crippen molar-refractivity contribution in [3.63, 3.8) is 0 Å². The molecule has 1 aromatic heterocycles. The second-order valence-corrected chi connectivity index (χ2v) is 5.90. The standard InChI is InChI=1S/C17H20N4O2/c1-10-4-3-5-13(11(10)2)19-15-8-14(12-6-7-12)20-17(21-15)18-9-16(22)23/h3-5,8,12H,6-7,9H2,1-2H3,(H,22,23)(H2,18,19,20,21). The molecule has 1 fully saturated rings. The summed E-state index contributed by atoms with van der Waals surface area (Å²) in [7, 11) is 0. The van der Waals surface area contributed by atoms with Gasteiger partial charge in [0.25, 0.3) is 0 Å². The third-order valence-electron chi connectivity index (χ3n) is 4.01. The molecule has 6 heteroatoms. The lowest BCUT2D eigenvalue weighted by Gasteiger charge is -2.13. The number of benzene rings is 1. The van der Waals surface area contributed by atoms with Gasteiger partial charge in [-0.05, 0) is 43.9 Å². The van der Waals surface area contributed by atoms with Gasteiger partial charge < -0.3 is 15.7 Å². The number of nitrogens with zero attached hydrogens (tertiary/aromatic N) is 2. The molecule has 1 aliphatic rings. The fraction of sp³-hybridized carbons (Fsp3) is 0.353. The summed E-state index contributed by atoms with van der Waals surface area (Å²) < 4.78 is 0. The summed E-state index contributed by atoms with van der Waals surface area (Å²) in [6.45, 7) is 3.93. The topological polar surface area (TPSA) is 87.1 Å². The normalized spacial score (nSPS) is 13.7. The molecule has 0 aliphatic heterocycles. The molecule has 120 valence electrons. The zero-order valence-electron chi connectivity index (χ0n) is 13.3. The summed E-state index contributed by atoms with van der Waals surface area (Å²) in [6.07, 6.45) is 2.25. The average molecular weight is 312 g/mol. The maximum absolute atomic E-state index is 10.7. The summed E-state index contributed by atoms with van der Waals surface area (Å²) in [5, 5.41) is 14.9. The number of carboxylic acid groups (broad SMARTS) is 1. The number of hydrogen-bond donors (Lipinski definition) is 3. The zero-order chi connectivity index (χ0) is 16.4. The smallest absolute Gasteiger partial charge is 0.322 e. The number of rotatable bonds is 6. The summed E-state index contributed by atoms with van der Waals surface area (Å²) in [6, 6.07) is 8.02. The molecule has 3 N–H and O–H groups in total. The molecule has 1 saturated carbocycles. The number of aliphatic carboxylic acids is 1. The monoisotopic (exact) mass is 312 g/mol. The Hall–Kier alpha value is -2.63. The van der Waals surface area contributed by atoms with Gasteiger partial charge in [0, 0.05) is 17.7 Å². The number of nitrogens with one attached hydrogen (secondary N) is 2. The lowest BCUT2D eigenvalue weighted by atomic mass is 10.1. The van der Waals surface area contributed by atoms with Crippen LogP contribution in [0, 0.1) is 13.8 Å². The Labute approximate surface area is 135 Å². The van der Waals surface area contributed by atoms with E-state index < -0.39 is 5.97 Å². The van der Waals surface area contributed by atoms with Gasteiger partial charge in [-0.15, -0.1) is 0 Å². The van der Waals surface area contributed by atoms with E-state index in [1.54, 1.807) is 0 Å². The van der Waals surface area contributed by atoms with Crippen LogP contribution in [0.3, 0.4) is 0 Å². The minimum absolute atomic E-state index is 0.197. The number of anilines is 3. The van der Waals surface area contributed by atoms with Gasteiger partial charge >= 0.3 is 5.97 Å². The van der Waals surface area contributed by atoms with Gasteiger partial charge in [0.15, 0.2) is 0 Å². The van der Waals surface area contributed by atoms with Crippen molar-refractivity contribution in [3.05, 3.63) is 41.1 Å². The molecule has 0 amide bonds. The zero-order valence-corrected chi connectivity index (χ0v) is 13.3. The van der Waals surface area contributed by atoms with Crippen LogP contribution in [-0.4, -0.2) is 27.6 Å². The van der Waals surface area contributed by atoms with E-state index in [9.17, 15) is 4.79 Å². The molecule has 0 saturated heterocycles. The number of aryl methyl sites for hydroxylation is 1. The van der Waals surface area contributed by atoms with Gasteiger partial charge in [-0.3, -0.25) is 4.79 Å². The maximum atomic E-state index is 10.7. The van der Waals surface area contributed by atoms with Gasteiger partial charge in [-0.25, -0.2) is 4.98 Å². The van der Waals surface area contributed by atoms with E-state index in [1.165, 1.54) is 11.1 Å². The van der Waals surface area contributed by atoms with Crippen LogP contribution in [0.15, 0.2) is 24.3 Å². The van der Waals surface area contributed by atoms with Crippen molar-refractivity contribution in [2.45, 2.75) is 32.6 Å². The van der Waals surface area contributed by atoms with Crippen LogP contribution in [0.4, 0.5) is 17.5 Å². The van der Waals surface area contributed by atoms with Crippen molar-refractivity contribution in [1.29, 1.82) is 0 Å². The highest BCUT2D eigenvalue weighted by atomic mass is 16.4. The molecule has 1 heterocycles. The lowest BCUT2D eigenvalue weighted by Crippen LogP contribution is -2.15. The largest absolute Gasteiger partial charge is 0.480 e. The third-order valence-corrected chi connectivity index (χ3v) is 4.01. The summed E-state index contributed by atoms with van der Waals surface area (Å²) in [5.74, 6) is 0.560. The number of hydrogen-bond acceptors (Lipinski definition) is 5. The molecule has 1 aliphatic carbocycles. The molecule has 6 nitrogen and oxygen atoms in total. The molecule has 3 rings (SSSR count). The average Bonchev–Trinajstić information content (AvgIpc) is 3.34. The Morgan fingerprint density at radius 1 is 1.30 bits per heavy atom. The van der Waals surface area contributed by atoms with Crippen LogP contribution in [-0.2, 0) is 4.79 Å². The molecule has 2 aromatic rings. The summed E-state index contributed by atoms with van der Waals surface area (Å²) in [4.78, 5) is 19.5. The first kappa shape index (κ1) is 15.3. The minimum atomic E-state index is -0.936. The Bertz CT molecular complexity index is 741. The van der Waals surface area contributed by atoms with Crippen LogP contribution in [0.1, 0.15) is 35.6 Å². The summed E-state index contributed by atoms with van der Waals surface area (Å²) in [5.41, 5.74) is 4.32. The number of aromatic nitrogens is 2. The Balaban J connectivity index is 1.88. The van der Waals surface area contributed by atoms with Gasteiger partial charge in [-0.1, -0.05) is 12.1 Å². The SMILES string of the molecule is Cc1cccc(Nc2cc(C3CC3)nc(NCC(=O)O)n2)c1C. The Morgan fingerprint density at radius 3 is 2.78 bits per heavy atom. The van der Waals surface area contributed by atoms with Gasteiger partial charge in [0.1, 0.15) is 12.4 Å². The number of carboxylic acids is 1. The third kappa shape index (κ3) is 3.77. The van der Waals surface area contributed by atoms with E-state index in [2.05, 4.69) is 40.5 Å². The van der Waals surface area contributed by atoms with Gasteiger partial charge in [0.2, 0.25) is 5.95 Å². The first-order chi connectivity index (χ1) is 11.0. The molecule has 0 atom stereocenters. The lowest BCUT2D eigenvalue weighted by molar-refractivity contribution is -0.134. The highest BCUT2D eigenvalue weighted by Crippen LogP contribution is 2.40. The van der Waals surface area contributed by atoms with Crippen molar-refractivity contribution in [3.8, 4) is 0 Å². The minimum Gasteiger partial charge on any atom is -0.480 e. The van der Waals surface area contributed by atoms with Crippen molar-refractivity contribution >= 4 is 23.4 Å². The molecular weight excluding hydrogens is 292 g/mol. The van der Waals surface area contributed by atoms with E-state index >= 15 is 0 Å². The molecule has 0 bridgehead atoms. The van der Waals surface area contributed by atoms with E-state index in [-0.39, 0.29) is 6.54 Å². The predicted octanol–water partition coefficient (Wildman–Crippen LogP) is 3.21. The highest BCUT2D eigenvalue weighted by Gasteiger charge is 2.26. The van der Waals surface area contributed by atoms with Crippen LogP contribution in [0.2, 0.25) is 0 Å². The van der Waals surface area contributed by atoms with Crippen LogP contribution < -0.4 is 10.6 Å². The van der Waals surface area contributed by atoms with Crippen molar-refractivity contribution in [1.82, 2.24) is 9.97 Å². The van der Waals surface area contributed by atoms with Crippen molar-refractivity contribution in [2.75, 3.05) is 17.2 Å². The fourth-order valence-electron chi connectivity index (χ4n) is 2.38. The predicted molar refractivity (Wildman–Crippen MR) is 89.3 cm³/mol. The molecular formula is C17H20N4O2. The van der Waals surface area contributed by atoms with Crippen LogP contribution >= 0.6 is 0 Å². The Kier molecular flexibility index (Phi) is 4.14. The van der Waals surface area contributed by atoms with Crippen molar-refractivity contribution < 1.29 is 9.90 Å².